The zero-order valence-corrected chi connectivity index (χ0v) is 16.2. The second-order valence-electron chi connectivity index (χ2n) is 7.76. The summed E-state index contributed by atoms with van der Waals surface area (Å²) in [7, 11) is 0. The Hall–Kier alpha value is -1.97. The Kier molecular flexibility index (Phi) is 4.25. The zero-order chi connectivity index (χ0) is 18.5. The van der Waals surface area contributed by atoms with Crippen LogP contribution in [0.5, 0.6) is 0 Å². The molecule has 1 aliphatic carbocycles. The van der Waals surface area contributed by atoms with Gasteiger partial charge in [-0.05, 0) is 53.7 Å². The van der Waals surface area contributed by atoms with Crippen LogP contribution in [0.2, 0.25) is 10.0 Å². The van der Waals surface area contributed by atoms with Gasteiger partial charge in [0.2, 0.25) is 0 Å². The lowest BCUT2D eigenvalue weighted by Gasteiger charge is -2.28. The molecule has 2 aromatic carbocycles. The number of allylic oxidation sites excluding steroid dienone is 1. The van der Waals surface area contributed by atoms with Gasteiger partial charge in [-0.15, -0.1) is 0 Å². The van der Waals surface area contributed by atoms with E-state index in [1.54, 1.807) is 6.07 Å². The van der Waals surface area contributed by atoms with Crippen LogP contribution in [0.3, 0.4) is 0 Å². The molecule has 1 atom stereocenters. The largest absolute Gasteiger partial charge is 0.374 e. The van der Waals surface area contributed by atoms with Gasteiger partial charge in [-0.2, -0.15) is 0 Å². The summed E-state index contributed by atoms with van der Waals surface area (Å²) in [6, 6.07) is 13.0. The van der Waals surface area contributed by atoms with Gasteiger partial charge < -0.3 is 10.6 Å². The van der Waals surface area contributed by atoms with Crippen LogP contribution >= 0.6 is 23.2 Å². The van der Waals surface area contributed by atoms with E-state index in [4.69, 9.17) is 23.2 Å². The molecule has 5 heteroatoms. The van der Waals surface area contributed by atoms with Gasteiger partial charge in [-0.3, -0.25) is 4.79 Å². The minimum Gasteiger partial charge on any atom is -0.374 e. The van der Waals surface area contributed by atoms with Crippen molar-refractivity contribution in [3.63, 3.8) is 0 Å². The van der Waals surface area contributed by atoms with Gasteiger partial charge in [0.25, 0.3) is 5.91 Å². The third-order valence-electron chi connectivity index (χ3n) is 5.07. The quantitative estimate of drug-likeness (QED) is 0.634. The van der Waals surface area contributed by atoms with E-state index in [9.17, 15) is 4.79 Å². The van der Waals surface area contributed by atoms with E-state index in [1.807, 2.05) is 36.4 Å². The Morgan fingerprint density at radius 2 is 1.85 bits per heavy atom. The van der Waals surface area contributed by atoms with Crippen LogP contribution in [0.4, 0.5) is 5.69 Å². The van der Waals surface area contributed by atoms with Crippen molar-refractivity contribution in [3.05, 3.63) is 74.9 Å². The number of para-hydroxylation sites is 1. The highest BCUT2D eigenvalue weighted by Gasteiger charge is 2.37. The molecule has 4 rings (SSSR count). The number of rotatable bonds is 1. The molecule has 0 bridgehead atoms. The molecule has 3 nitrogen and oxygen atoms in total. The van der Waals surface area contributed by atoms with E-state index in [1.165, 1.54) is 5.57 Å². The number of amides is 1. The first-order valence-electron chi connectivity index (χ1n) is 8.68. The van der Waals surface area contributed by atoms with Gasteiger partial charge in [0.05, 0.1) is 11.6 Å². The molecule has 0 spiro atoms. The molecule has 1 amide bonds. The number of hydrogen-bond donors (Lipinski definition) is 2. The van der Waals surface area contributed by atoms with E-state index in [0.29, 0.717) is 15.6 Å². The first-order valence-corrected chi connectivity index (χ1v) is 9.43. The number of halogens is 2. The van der Waals surface area contributed by atoms with E-state index < -0.39 is 0 Å². The average Bonchev–Trinajstić information content (AvgIpc) is 2.86. The van der Waals surface area contributed by atoms with Crippen molar-refractivity contribution < 1.29 is 4.79 Å². The van der Waals surface area contributed by atoms with Crippen LogP contribution in [0.1, 0.15) is 48.7 Å². The molecule has 2 aliphatic rings. The number of benzene rings is 2. The molecule has 0 aromatic heterocycles. The number of hydrogen-bond acceptors (Lipinski definition) is 2. The topological polar surface area (TPSA) is 41.1 Å². The second-order valence-corrected chi connectivity index (χ2v) is 8.61. The van der Waals surface area contributed by atoms with Gasteiger partial charge in [-0.1, -0.05) is 55.2 Å². The van der Waals surface area contributed by atoms with Gasteiger partial charge in [0.1, 0.15) is 0 Å². The smallest absolute Gasteiger partial charge is 0.257 e. The number of carbonyl (C=O) groups excluding carboxylic acids is 1. The summed E-state index contributed by atoms with van der Waals surface area (Å²) < 4.78 is 0. The normalized spacial score (nSPS) is 21.2. The fourth-order valence-corrected chi connectivity index (χ4v) is 4.45. The van der Waals surface area contributed by atoms with Crippen molar-refractivity contribution >= 4 is 34.8 Å². The maximum absolute atomic E-state index is 12.7. The number of anilines is 1. The minimum atomic E-state index is -0.113. The molecular formula is C21H20Cl2N2O. The Bertz CT molecular complexity index is 933. The molecule has 0 saturated carbocycles. The molecule has 2 aromatic rings. The predicted octanol–water partition coefficient (Wildman–Crippen LogP) is 5.96. The first kappa shape index (κ1) is 17.4. The average molecular weight is 387 g/mol. The molecule has 0 fully saturated rings. The molecular weight excluding hydrogens is 367 g/mol. The van der Waals surface area contributed by atoms with Crippen LogP contribution in [0.25, 0.3) is 0 Å². The van der Waals surface area contributed by atoms with E-state index in [0.717, 1.165) is 29.8 Å². The van der Waals surface area contributed by atoms with Gasteiger partial charge in [-0.25, -0.2) is 0 Å². The minimum absolute atomic E-state index is 0.0704. The summed E-state index contributed by atoms with van der Waals surface area (Å²) in [5.41, 5.74) is 4.68. The highest BCUT2D eigenvalue weighted by atomic mass is 35.5. The standard InChI is InChI=1S/C21H20Cl2N2O/c1-21(2)10-15-18(11-21)25-20(26)14-5-3-4-6-17(14)24-19(15)13-8-7-12(22)9-16(13)23/h3-9,19,24H,10-11H2,1-2H3,(H,25,26). The van der Waals surface area contributed by atoms with E-state index in [2.05, 4.69) is 24.5 Å². The van der Waals surface area contributed by atoms with Crippen LogP contribution in [-0.2, 0) is 0 Å². The zero-order valence-electron chi connectivity index (χ0n) is 14.7. The monoisotopic (exact) mass is 386 g/mol. The maximum atomic E-state index is 12.7. The second kappa shape index (κ2) is 6.33. The van der Waals surface area contributed by atoms with Gasteiger partial charge in [0, 0.05) is 21.4 Å². The van der Waals surface area contributed by atoms with Crippen molar-refractivity contribution in [2.45, 2.75) is 32.7 Å². The number of fused-ring (bicyclic) bond motifs is 1. The maximum Gasteiger partial charge on any atom is 0.257 e. The molecule has 0 radical (unpaired) electrons. The van der Waals surface area contributed by atoms with Crippen molar-refractivity contribution in [2.75, 3.05) is 5.32 Å². The third-order valence-corrected chi connectivity index (χ3v) is 5.63. The summed E-state index contributed by atoms with van der Waals surface area (Å²) >= 11 is 12.6. The van der Waals surface area contributed by atoms with E-state index in [-0.39, 0.29) is 17.4 Å². The van der Waals surface area contributed by atoms with Crippen molar-refractivity contribution in [1.29, 1.82) is 0 Å². The lowest BCUT2D eigenvalue weighted by Crippen LogP contribution is -2.29. The SMILES string of the molecule is CC1(C)CC2=C(C1)C(c1ccc(Cl)cc1Cl)Nc1ccccc1C(=O)N2. The van der Waals surface area contributed by atoms with Crippen LogP contribution in [0.15, 0.2) is 53.7 Å². The summed E-state index contributed by atoms with van der Waals surface area (Å²) in [5.74, 6) is -0.0704. The van der Waals surface area contributed by atoms with Crippen LogP contribution < -0.4 is 10.6 Å². The van der Waals surface area contributed by atoms with Crippen LogP contribution in [-0.4, -0.2) is 5.91 Å². The summed E-state index contributed by atoms with van der Waals surface area (Å²) in [5, 5.41) is 7.96. The molecule has 1 unspecified atom stereocenters. The van der Waals surface area contributed by atoms with Crippen LogP contribution in [0, 0.1) is 5.41 Å². The molecule has 0 saturated heterocycles. The highest BCUT2D eigenvalue weighted by Crippen LogP contribution is 2.48. The molecule has 2 N–H and O–H groups in total. The van der Waals surface area contributed by atoms with Gasteiger partial charge >= 0.3 is 0 Å². The number of carbonyl (C=O) groups is 1. The molecule has 1 heterocycles. The highest BCUT2D eigenvalue weighted by molar-refractivity contribution is 6.35. The summed E-state index contributed by atoms with van der Waals surface area (Å²) in [4.78, 5) is 12.7. The van der Waals surface area contributed by atoms with E-state index >= 15 is 0 Å². The third kappa shape index (κ3) is 3.10. The van der Waals surface area contributed by atoms with Crippen molar-refractivity contribution in [3.8, 4) is 0 Å². The molecule has 1 aliphatic heterocycles. The van der Waals surface area contributed by atoms with Gasteiger partial charge in [0.15, 0.2) is 0 Å². The Morgan fingerprint density at radius 3 is 2.62 bits per heavy atom. The Labute approximate surface area is 163 Å². The fourth-order valence-electron chi connectivity index (χ4n) is 3.93. The number of nitrogens with one attached hydrogen (secondary N) is 2. The Balaban J connectivity index is 1.88. The first-order chi connectivity index (χ1) is 12.3. The lowest BCUT2D eigenvalue weighted by molar-refractivity contribution is 0.0964. The van der Waals surface area contributed by atoms with Crippen molar-refractivity contribution in [1.82, 2.24) is 5.32 Å². The predicted molar refractivity (Wildman–Crippen MR) is 107 cm³/mol. The fraction of sp³-hybridized carbons (Fsp3) is 0.286. The lowest BCUT2D eigenvalue weighted by atomic mass is 9.87. The molecule has 26 heavy (non-hydrogen) atoms. The summed E-state index contributed by atoms with van der Waals surface area (Å²) in [6.45, 7) is 4.44. The molecule has 134 valence electrons. The Morgan fingerprint density at radius 1 is 1.08 bits per heavy atom. The van der Waals surface area contributed by atoms with Crippen molar-refractivity contribution in [2.24, 2.45) is 5.41 Å². The summed E-state index contributed by atoms with van der Waals surface area (Å²) in [6.07, 6.45) is 1.72.